The van der Waals surface area contributed by atoms with Crippen LogP contribution in [0.5, 0.6) is 0 Å². The van der Waals surface area contributed by atoms with Crippen molar-refractivity contribution in [2.24, 2.45) is 0 Å². The minimum atomic E-state index is -4.64. The van der Waals surface area contributed by atoms with Crippen LogP contribution in [0.1, 0.15) is 5.56 Å². The van der Waals surface area contributed by atoms with E-state index in [1.807, 2.05) is 0 Å². The zero-order chi connectivity index (χ0) is 19.8. The number of carbonyl (C=O) groups excluding carboxylic acids is 1. The summed E-state index contributed by atoms with van der Waals surface area (Å²) in [6.45, 7) is -0.516. The number of benzene rings is 2. The van der Waals surface area contributed by atoms with Gasteiger partial charge in [0.2, 0.25) is 5.91 Å². The molecule has 1 N–H and O–H groups in total. The molecule has 0 saturated carbocycles. The molecule has 0 fully saturated rings. The van der Waals surface area contributed by atoms with Crippen LogP contribution >= 0.6 is 11.5 Å². The number of amides is 1. The summed E-state index contributed by atoms with van der Waals surface area (Å²) >= 11 is 0.821. The lowest BCUT2D eigenvalue weighted by molar-refractivity contribution is -0.384. The largest absolute Gasteiger partial charge is 0.418 e. The quantitative estimate of drug-likeness (QED) is 0.537. The maximum absolute atomic E-state index is 13.0. The Kier molecular flexibility index (Phi) is 4.70. The first-order chi connectivity index (χ1) is 12.7. The Labute approximate surface area is 152 Å². The van der Waals surface area contributed by atoms with Gasteiger partial charge in [0.05, 0.1) is 26.3 Å². The summed E-state index contributed by atoms with van der Waals surface area (Å²) in [4.78, 5) is 34.6. The zero-order valence-corrected chi connectivity index (χ0v) is 14.1. The molecule has 1 heterocycles. The van der Waals surface area contributed by atoms with Gasteiger partial charge < -0.3 is 5.32 Å². The second-order valence-electron chi connectivity index (χ2n) is 5.46. The molecule has 0 spiro atoms. The van der Waals surface area contributed by atoms with E-state index >= 15 is 0 Å². The van der Waals surface area contributed by atoms with Crippen molar-refractivity contribution >= 4 is 38.9 Å². The molecule has 3 aromatic rings. The number of nitro groups is 1. The molecule has 1 amide bonds. The van der Waals surface area contributed by atoms with Crippen LogP contribution in [-0.4, -0.2) is 14.8 Å². The number of nitrogens with one attached hydrogen (secondary N) is 1. The van der Waals surface area contributed by atoms with Crippen LogP contribution in [0.3, 0.4) is 0 Å². The average molecular weight is 397 g/mol. The summed E-state index contributed by atoms with van der Waals surface area (Å²) in [5.41, 5.74) is -2.18. The van der Waals surface area contributed by atoms with E-state index in [1.165, 1.54) is 30.3 Å². The maximum atomic E-state index is 13.0. The standard InChI is InChI=1S/C16H10F3N3O4S/c17-16(18,19)11-3-1-2-4-12(11)20-14(23)8-21-15(24)10-6-5-9(22(25)26)7-13(10)27-21/h1-7H,8H2,(H,20,23). The number of rotatable bonds is 4. The molecule has 0 radical (unpaired) electrons. The number of carbonyl (C=O) groups is 1. The third-order valence-electron chi connectivity index (χ3n) is 3.64. The topological polar surface area (TPSA) is 94.2 Å². The number of hydrogen-bond acceptors (Lipinski definition) is 5. The van der Waals surface area contributed by atoms with Crippen molar-refractivity contribution in [2.45, 2.75) is 12.7 Å². The van der Waals surface area contributed by atoms with Crippen molar-refractivity contribution < 1.29 is 22.9 Å². The molecule has 1 aromatic heterocycles. The van der Waals surface area contributed by atoms with Gasteiger partial charge in [-0.25, -0.2) is 0 Å². The first-order valence-corrected chi connectivity index (χ1v) is 8.18. The second-order valence-corrected chi connectivity index (χ2v) is 6.53. The average Bonchev–Trinajstić information content (AvgIpc) is 2.89. The molecule has 0 bridgehead atoms. The van der Waals surface area contributed by atoms with Crippen molar-refractivity contribution in [2.75, 3.05) is 5.32 Å². The molecule has 0 unspecified atom stereocenters. The third-order valence-corrected chi connectivity index (χ3v) is 4.69. The third kappa shape index (κ3) is 3.82. The van der Waals surface area contributed by atoms with Gasteiger partial charge in [0.1, 0.15) is 6.54 Å². The van der Waals surface area contributed by atoms with Crippen LogP contribution in [0.25, 0.3) is 10.1 Å². The molecular weight excluding hydrogens is 387 g/mol. The SMILES string of the molecule is O=C(Cn1sc2cc([N+](=O)[O-])ccc2c1=O)Nc1ccccc1C(F)(F)F. The van der Waals surface area contributed by atoms with E-state index in [0.717, 1.165) is 27.6 Å². The lowest BCUT2D eigenvalue weighted by Gasteiger charge is -2.13. The van der Waals surface area contributed by atoms with E-state index in [0.29, 0.717) is 4.70 Å². The number of nitro benzene ring substituents is 1. The molecule has 0 saturated heterocycles. The Morgan fingerprint density at radius 3 is 2.59 bits per heavy atom. The Hall–Kier alpha value is -3.21. The normalized spacial score (nSPS) is 11.5. The molecule has 3 rings (SSSR count). The second kappa shape index (κ2) is 6.83. The van der Waals surface area contributed by atoms with Crippen molar-refractivity contribution in [3.05, 3.63) is 68.5 Å². The fourth-order valence-electron chi connectivity index (χ4n) is 2.43. The molecule has 2 aromatic carbocycles. The fourth-order valence-corrected chi connectivity index (χ4v) is 3.46. The highest BCUT2D eigenvalue weighted by Gasteiger charge is 2.33. The number of alkyl halides is 3. The van der Waals surface area contributed by atoms with E-state index in [-0.39, 0.29) is 11.1 Å². The predicted molar refractivity (Wildman–Crippen MR) is 92.8 cm³/mol. The van der Waals surface area contributed by atoms with Gasteiger partial charge in [-0.15, -0.1) is 0 Å². The van der Waals surface area contributed by atoms with E-state index in [9.17, 15) is 32.9 Å². The monoisotopic (exact) mass is 397 g/mol. The van der Waals surface area contributed by atoms with Crippen molar-refractivity contribution in [3.63, 3.8) is 0 Å². The number of para-hydroxylation sites is 1. The first-order valence-electron chi connectivity index (χ1n) is 7.41. The Morgan fingerprint density at radius 2 is 1.93 bits per heavy atom. The van der Waals surface area contributed by atoms with Crippen LogP contribution in [-0.2, 0) is 17.5 Å². The summed E-state index contributed by atoms with van der Waals surface area (Å²) < 4.78 is 40.2. The molecule has 0 aliphatic heterocycles. The highest BCUT2D eigenvalue weighted by Crippen LogP contribution is 2.34. The van der Waals surface area contributed by atoms with Crippen LogP contribution in [0.15, 0.2) is 47.3 Å². The van der Waals surface area contributed by atoms with Crippen molar-refractivity contribution in [3.8, 4) is 0 Å². The summed E-state index contributed by atoms with van der Waals surface area (Å²) in [6.07, 6.45) is -4.64. The minimum absolute atomic E-state index is 0.189. The lowest BCUT2D eigenvalue weighted by atomic mass is 10.1. The van der Waals surface area contributed by atoms with Gasteiger partial charge >= 0.3 is 6.18 Å². The smallest absolute Gasteiger partial charge is 0.324 e. The number of nitrogens with zero attached hydrogens (tertiary/aromatic N) is 2. The van der Waals surface area contributed by atoms with Crippen molar-refractivity contribution in [1.82, 2.24) is 3.96 Å². The maximum Gasteiger partial charge on any atom is 0.418 e. The molecule has 11 heteroatoms. The highest BCUT2D eigenvalue weighted by atomic mass is 32.1. The summed E-state index contributed by atoms with van der Waals surface area (Å²) in [7, 11) is 0. The summed E-state index contributed by atoms with van der Waals surface area (Å²) in [6, 6.07) is 8.13. The van der Waals surface area contributed by atoms with Crippen LogP contribution in [0.4, 0.5) is 24.5 Å². The van der Waals surface area contributed by atoms with E-state index in [4.69, 9.17) is 0 Å². The van der Waals surface area contributed by atoms with Gasteiger partial charge in [-0.1, -0.05) is 23.7 Å². The molecule has 0 aliphatic rings. The Morgan fingerprint density at radius 1 is 1.22 bits per heavy atom. The Bertz CT molecular complexity index is 1100. The predicted octanol–water partition coefficient (Wildman–Crippen LogP) is 3.63. The van der Waals surface area contributed by atoms with Gasteiger partial charge in [0.15, 0.2) is 0 Å². The number of hydrogen-bond donors (Lipinski definition) is 1. The first kappa shape index (κ1) is 18.6. The van der Waals surface area contributed by atoms with Crippen molar-refractivity contribution in [1.29, 1.82) is 0 Å². The molecule has 0 atom stereocenters. The molecule has 7 nitrogen and oxygen atoms in total. The van der Waals surface area contributed by atoms with Crippen LogP contribution in [0.2, 0.25) is 0 Å². The number of halogens is 3. The van der Waals surface area contributed by atoms with E-state index in [1.54, 1.807) is 0 Å². The van der Waals surface area contributed by atoms with E-state index in [2.05, 4.69) is 5.32 Å². The van der Waals surface area contributed by atoms with Gasteiger partial charge in [0, 0.05) is 12.1 Å². The van der Waals surface area contributed by atoms with Gasteiger partial charge in [-0.2, -0.15) is 13.2 Å². The molecule has 27 heavy (non-hydrogen) atoms. The van der Waals surface area contributed by atoms with Gasteiger partial charge in [-0.05, 0) is 18.2 Å². The van der Waals surface area contributed by atoms with Crippen LogP contribution in [0, 0.1) is 10.1 Å². The lowest BCUT2D eigenvalue weighted by Crippen LogP contribution is -2.24. The summed E-state index contributed by atoms with van der Waals surface area (Å²) in [5.74, 6) is -0.824. The van der Waals surface area contributed by atoms with Crippen LogP contribution < -0.4 is 10.9 Å². The fraction of sp³-hybridized carbons (Fsp3) is 0.125. The van der Waals surface area contributed by atoms with Gasteiger partial charge in [-0.3, -0.25) is 23.7 Å². The number of anilines is 1. The number of non-ortho nitro benzene ring substituents is 1. The molecule has 140 valence electrons. The number of aromatic nitrogens is 1. The minimum Gasteiger partial charge on any atom is -0.324 e. The summed E-state index contributed by atoms with van der Waals surface area (Å²) in [5, 5.41) is 13.1. The molecular formula is C16H10F3N3O4S. The Balaban J connectivity index is 1.86. The highest BCUT2D eigenvalue weighted by molar-refractivity contribution is 7.13. The van der Waals surface area contributed by atoms with Gasteiger partial charge in [0.25, 0.3) is 11.2 Å². The zero-order valence-electron chi connectivity index (χ0n) is 13.3. The van der Waals surface area contributed by atoms with E-state index < -0.39 is 40.4 Å². The molecule has 0 aliphatic carbocycles. The number of fused-ring (bicyclic) bond motifs is 1.